The number of hydrogen-bond donors (Lipinski definition) is 1. The number of benzene rings is 2. The molecule has 1 aromatic heterocycles. The predicted octanol–water partition coefficient (Wildman–Crippen LogP) is 5.43. The van der Waals surface area contributed by atoms with Crippen molar-refractivity contribution in [1.82, 2.24) is 9.66 Å². The van der Waals surface area contributed by atoms with Crippen LogP contribution in [0, 0.1) is 0 Å². The maximum atomic E-state index is 13.1. The van der Waals surface area contributed by atoms with Gasteiger partial charge in [0.25, 0.3) is 5.56 Å². The molecule has 0 amide bonds. The maximum absolute atomic E-state index is 13.1. The van der Waals surface area contributed by atoms with Gasteiger partial charge in [0.2, 0.25) is 0 Å². The van der Waals surface area contributed by atoms with Gasteiger partial charge in [-0.1, -0.05) is 41.4 Å². The Hall–Kier alpha value is -2.23. The van der Waals surface area contributed by atoms with E-state index in [0.29, 0.717) is 26.8 Å². The first kappa shape index (κ1) is 23.4. The third kappa shape index (κ3) is 5.16. The Morgan fingerprint density at radius 3 is 2.58 bits per heavy atom. The van der Waals surface area contributed by atoms with Gasteiger partial charge in [-0.05, 0) is 58.7 Å². The lowest BCUT2D eigenvalue weighted by Gasteiger charge is -2.14. The summed E-state index contributed by atoms with van der Waals surface area (Å²) in [6, 6.07) is 8.58. The molecule has 10 heteroatoms. The molecular weight excluding hydrogens is 554 g/mol. The standard InChI is InChI=1S/C21H18Br2ClN3O4/c1-10(2)19-26-17-5-4-13(22)8-14(17)20(28)27(19)25-9-12-6-15(23)18(16(24)7-12)31-11(3)21(29)30/h4-11H,1-3H3,(H,29,30)/t11-/m0/s1. The molecule has 0 fully saturated rings. The van der Waals surface area contributed by atoms with Crippen LogP contribution in [-0.2, 0) is 4.79 Å². The van der Waals surface area contributed by atoms with E-state index in [9.17, 15) is 9.59 Å². The molecule has 2 aromatic carbocycles. The van der Waals surface area contributed by atoms with Gasteiger partial charge < -0.3 is 9.84 Å². The Kier molecular flexibility index (Phi) is 7.18. The summed E-state index contributed by atoms with van der Waals surface area (Å²) in [5.74, 6) is -0.409. The Morgan fingerprint density at radius 1 is 1.26 bits per heavy atom. The molecule has 3 rings (SSSR count). The number of rotatable bonds is 6. The van der Waals surface area contributed by atoms with E-state index in [0.717, 1.165) is 4.47 Å². The van der Waals surface area contributed by atoms with Crippen molar-refractivity contribution in [2.24, 2.45) is 5.10 Å². The lowest BCUT2D eigenvalue weighted by atomic mass is 10.2. The zero-order valence-corrected chi connectivity index (χ0v) is 20.7. The molecule has 0 aliphatic carbocycles. The molecule has 0 spiro atoms. The van der Waals surface area contributed by atoms with Crippen LogP contribution in [0.4, 0.5) is 0 Å². The molecule has 0 saturated heterocycles. The Labute approximate surface area is 200 Å². The van der Waals surface area contributed by atoms with Crippen LogP contribution >= 0.6 is 43.5 Å². The van der Waals surface area contributed by atoms with Gasteiger partial charge in [-0.3, -0.25) is 4.79 Å². The van der Waals surface area contributed by atoms with Crippen molar-refractivity contribution in [3.05, 3.63) is 66.0 Å². The van der Waals surface area contributed by atoms with Gasteiger partial charge >= 0.3 is 5.97 Å². The maximum Gasteiger partial charge on any atom is 0.344 e. The number of aliphatic carboxylic acids is 1. The van der Waals surface area contributed by atoms with Crippen molar-refractivity contribution in [1.29, 1.82) is 0 Å². The number of nitrogens with zero attached hydrogens (tertiary/aromatic N) is 3. The Balaban J connectivity index is 2.05. The predicted molar refractivity (Wildman–Crippen MR) is 128 cm³/mol. The summed E-state index contributed by atoms with van der Waals surface area (Å²) in [6.45, 7) is 5.27. The van der Waals surface area contributed by atoms with Crippen molar-refractivity contribution < 1.29 is 14.6 Å². The topological polar surface area (TPSA) is 93.8 Å². The molecule has 0 bridgehead atoms. The SMILES string of the molecule is CC(C)c1nc2ccc(Br)cc2c(=O)n1N=Cc1cc(Cl)c(O[C@@H](C)C(=O)O)c(Br)c1. The molecule has 7 nitrogen and oxygen atoms in total. The smallest absolute Gasteiger partial charge is 0.344 e. The van der Waals surface area contributed by atoms with Crippen LogP contribution in [0.1, 0.15) is 38.1 Å². The second-order valence-electron chi connectivity index (χ2n) is 7.06. The summed E-state index contributed by atoms with van der Waals surface area (Å²) in [4.78, 5) is 28.7. The average molecular weight is 572 g/mol. The number of carboxylic acid groups (broad SMARTS) is 1. The minimum atomic E-state index is -1.11. The lowest BCUT2D eigenvalue weighted by Crippen LogP contribution is -2.23. The fourth-order valence-corrected chi connectivity index (χ4v) is 4.09. The van der Waals surface area contributed by atoms with Gasteiger partial charge in [-0.25, -0.2) is 9.78 Å². The average Bonchev–Trinajstić information content (AvgIpc) is 2.69. The fraction of sp³-hybridized carbons (Fsp3) is 0.238. The zero-order chi connectivity index (χ0) is 22.9. The van der Waals surface area contributed by atoms with E-state index in [-0.39, 0.29) is 22.2 Å². The molecule has 0 unspecified atom stereocenters. The summed E-state index contributed by atoms with van der Waals surface area (Å²) < 4.78 is 7.90. The van der Waals surface area contributed by atoms with Gasteiger partial charge in [0.1, 0.15) is 5.82 Å². The number of ether oxygens (including phenoxy) is 1. The summed E-state index contributed by atoms with van der Waals surface area (Å²) in [6.07, 6.45) is 0.420. The van der Waals surface area contributed by atoms with Crippen LogP contribution in [-0.4, -0.2) is 33.1 Å². The summed E-state index contributed by atoms with van der Waals surface area (Å²) >= 11 is 13.0. The van der Waals surface area contributed by atoms with Gasteiger partial charge in [0.05, 0.1) is 26.6 Å². The molecular formula is C21H18Br2ClN3O4. The first-order chi connectivity index (χ1) is 14.6. The third-order valence-corrected chi connectivity index (χ3v) is 5.70. The van der Waals surface area contributed by atoms with Crippen LogP contribution in [0.3, 0.4) is 0 Å². The van der Waals surface area contributed by atoms with Crippen LogP contribution < -0.4 is 10.3 Å². The monoisotopic (exact) mass is 569 g/mol. The van der Waals surface area contributed by atoms with Gasteiger partial charge in [0, 0.05) is 10.4 Å². The molecule has 1 atom stereocenters. The molecule has 0 radical (unpaired) electrons. The summed E-state index contributed by atoms with van der Waals surface area (Å²) in [5.41, 5.74) is 0.901. The molecule has 0 saturated carbocycles. The van der Waals surface area contributed by atoms with Crippen LogP contribution in [0.2, 0.25) is 5.02 Å². The molecule has 162 valence electrons. The van der Waals surface area contributed by atoms with E-state index < -0.39 is 12.1 Å². The summed E-state index contributed by atoms with van der Waals surface area (Å²) in [5, 5.41) is 14.1. The van der Waals surface area contributed by atoms with Crippen molar-refractivity contribution >= 4 is 66.5 Å². The van der Waals surface area contributed by atoms with E-state index in [1.165, 1.54) is 17.8 Å². The highest BCUT2D eigenvalue weighted by Crippen LogP contribution is 2.35. The van der Waals surface area contributed by atoms with E-state index in [4.69, 9.17) is 21.4 Å². The number of aromatic nitrogens is 2. The number of carbonyl (C=O) groups is 1. The largest absolute Gasteiger partial charge is 0.479 e. The molecule has 1 N–H and O–H groups in total. The first-order valence-corrected chi connectivity index (χ1v) is 11.2. The first-order valence-electron chi connectivity index (χ1n) is 9.23. The van der Waals surface area contributed by atoms with Crippen LogP contribution in [0.5, 0.6) is 5.75 Å². The fourth-order valence-electron chi connectivity index (χ4n) is 2.77. The molecule has 0 aliphatic rings. The number of fused-ring (bicyclic) bond motifs is 1. The molecule has 1 heterocycles. The Bertz CT molecular complexity index is 1230. The Morgan fingerprint density at radius 2 is 1.97 bits per heavy atom. The highest BCUT2D eigenvalue weighted by Gasteiger charge is 2.18. The second-order valence-corrected chi connectivity index (χ2v) is 9.24. The molecule has 0 aliphatic heterocycles. The van der Waals surface area contributed by atoms with E-state index in [1.807, 2.05) is 19.9 Å². The highest BCUT2D eigenvalue weighted by atomic mass is 79.9. The zero-order valence-electron chi connectivity index (χ0n) is 16.8. The number of hydrogen-bond acceptors (Lipinski definition) is 5. The third-order valence-electron chi connectivity index (χ3n) is 4.34. The van der Waals surface area contributed by atoms with Crippen molar-refractivity contribution in [2.75, 3.05) is 0 Å². The molecule has 31 heavy (non-hydrogen) atoms. The van der Waals surface area contributed by atoms with Gasteiger partial charge in [0.15, 0.2) is 11.9 Å². The van der Waals surface area contributed by atoms with Crippen molar-refractivity contribution in [3.63, 3.8) is 0 Å². The molecule has 3 aromatic rings. The minimum absolute atomic E-state index is 0.0403. The summed E-state index contributed by atoms with van der Waals surface area (Å²) in [7, 11) is 0. The van der Waals surface area contributed by atoms with Crippen molar-refractivity contribution in [2.45, 2.75) is 32.8 Å². The minimum Gasteiger partial charge on any atom is -0.479 e. The quantitative estimate of drug-likeness (QED) is 0.398. The number of carboxylic acids is 1. The highest BCUT2D eigenvalue weighted by molar-refractivity contribution is 9.10. The normalized spacial score (nSPS) is 12.6. The van der Waals surface area contributed by atoms with Crippen LogP contribution in [0.25, 0.3) is 10.9 Å². The van der Waals surface area contributed by atoms with E-state index in [1.54, 1.807) is 24.3 Å². The van der Waals surface area contributed by atoms with Gasteiger partial charge in [-0.2, -0.15) is 9.78 Å². The lowest BCUT2D eigenvalue weighted by molar-refractivity contribution is -0.144. The van der Waals surface area contributed by atoms with E-state index in [2.05, 4.69) is 41.9 Å². The number of halogens is 3. The second kappa shape index (κ2) is 9.50. The van der Waals surface area contributed by atoms with Crippen molar-refractivity contribution in [3.8, 4) is 5.75 Å². The van der Waals surface area contributed by atoms with Crippen LogP contribution in [0.15, 0.2) is 49.2 Å². The van der Waals surface area contributed by atoms with E-state index >= 15 is 0 Å². The van der Waals surface area contributed by atoms with Gasteiger partial charge in [-0.15, -0.1) is 0 Å².